The molecule has 0 bridgehead atoms. The van der Waals surface area contributed by atoms with Gasteiger partial charge in [0, 0.05) is 6.07 Å². The molecule has 8 nitrogen and oxygen atoms in total. The van der Waals surface area contributed by atoms with Crippen molar-refractivity contribution < 1.29 is 22.7 Å². The van der Waals surface area contributed by atoms with E-state index < -0.39 is 22.5 Å². The van der Waals surface area contributed by atoms with E-state index in [0.29, 0.717) is 23.8 Å². The first-order chi connectivity index (χ1) is 13.7. The minimum absolute atomic E-state index is 0.328. The van der Waals surface area contributed by atoms with Gasteiger partial charge in [-0.1, -0.05) is 6.07 Å². The molecule has 0 heterocycles. The van der Waals surface area contributed by atoms with E-state index in [9.17, 15) is 13.2 Å². The van der Waals surface area contributed by atoms with Crippen LogP contribution in [0, 0.1) is 0 Å². The number of benzene rings is 2. The third kappa shape index (κ3) is 6.49. The van der Waals surface area contributed by atoms with Crippen molar-refractivity contribution in [3.8, 4) is 11.5 Å². The highest BCUT2D eigenvalue weighted by molar-refractivity contribution is 7.92. The van der Waals surface area contributed by atoms with Gasteiger partial charge in [-0.15, -0.1) is 0 Å². The van der Waals surface area contributed by atoms with E-state index in [4.69, 9.17) is 9.47 Å². The SMILES string of the molecule is CCOc1ccc(/C(C)=N\NC(=O)CN(c2cccc(OC)c2)S(C)(=O)=O)cc1. The average Bonchev–Trinajstić information content (AvgIpc) is 2.70. The number of methoxy groups -OCH3 is 1. The van der Waals surface area contributed by atoms with Crippen LogP contribution in [-0.2, 0) is 14.8 Å². The number of hydrogen-bond acceptors (Lipinski definition) is 6. The zero-order valence-electron chi connectivity index (χ0n) is 16.9. The summed E-state index contributed by atoms with van der Waals surface area (Å²) in [5, 5.41) is 4.06. The Morgan fingerprint density at radius 2 is 1.83 bits per heavy atom. The highest BCUT2D eigenvalue weighted by Gasteiger charge is 2.21. The molecule has 29 heavy (non-hydrogen) atoms. The smallest absolute Gasteiger partial charge is 0.260 e. The molecular weight excluding hydrogens is 394 g/mol. The molecular formula is C20H25N3O5S. The van der Waals surface area contributed by atoms with E-state index in [2.05, 4.69) is 10.5 Å². The lowest BCUT2D eigenvalue weighted by molar-refractivity contribution is -0.119. The number of rotatable bonds is 9. The molecule has 156 valence electrons. The Kier molecular flexibility index (Phi) is 7.60. The Balaban J connectivity index is 2.10. The minimum Gasteiger partial charge on any atom is -0.497 e. The van der Waals surface area contributed by atoms with Gasteiger partial charge in [0.25, 0.3) is 5.91 Å². The summed E-state index contributed by atoms with van der Waals surface area (Å²) in [6.45, 7) is 3.81. The first-order valence-corrected chi connectivity index (χ1v) is 10.8. The normalized spacial score (nSPS) is 11.7. The van der Waals surface area contributed by atoms with Gasteiger partial charge >= 0.3 is 0 Å². The van der Waals surface area contributed by atoms with Crippen molar-refractivity contribution in [2.24, 2.45) is 5.10 Å². The van der Waals surface area contributed by atoms with Crippen LogP contribution < -0.4 is 19.2 Å². The molecule has 0 saturated carbocycles. The summed E-state index contributed by atoms with van der Waals surface area (Å²) in [7, 11) is -2.20. The fourth-order valence-corrected chi connectivity index (χ4v) is 3.35. The van der Waals surface area contributed by atoms with Crippen molar-refractivity contribution in [3.05, 3.63) is 54.1 Å². The largest absolute Gasteiger partial charge is 0.497 e. The summed E-state index contributed by atoms with van der Waals surface area (Å²) in [5.41, 5.74) is 4.11. The number of ether oxygens (including phenoxy) is 2. The van der Waals surface area contributed by atoms with Crippen LogP contribution >= 0.6 is 0 Å². The topological polar surface area (TPSA) is 97.3 Å². The molecule has 2 aromatic rings. The van der Waals surface area contributed by atoms with Gasteiger partial charge in [0.15, 0.2) is 0 Å². The van der Waals surface area contributed by atoms with Gasteiger partial charge < -0.3 is 9.47 Å². The third-order valence-corrected chi connectivity index (χ3v) is 5.10. The lowest BCUT2D eigenvalue weighted by atomic mass is 10.1. The maximum atomic E-state index is 12.3. The van der Waals surface area contributed by atoms with Crippen LogP contribution in [0.15, 0.2) is 53.6 Å². The first kappa shape index (κ1) is 22.2. The van der Waals surface area contributed by atoms with Gasteiger partial charge in [0.1, 0.15) is 18.0 Å². The van der Waals surface area contributed by atoms with Crippen molar-refractivity contribution >= 4 is 27.3 Å². The molecule has 0 aliphatic carbocycles. The maximum Gasteiger partial charge on any atom is 0.260 e. The number of amides is 1. The molecule has 9 heteroatoms. The molecule has 0 aliphatic rings. The Hall–Kier alpha value is -3.07. The summed E-state index contributed by atoms with van der Waals surface area (Å²) in [6, 6.07) is 13.8. The van der Waals surface area contributed by atoms with Crippen LogP contribution in [0.2, 0.25) is 0 Å². The van der Waals surface area contributed by atoms with Crippen LogP contribution in [0.5, 0.6) is 11.5 Å². The van der Waals surface area contributed by atoms with Gasteiger partial charge in [-0.3, -0.25) is 9.10 Å². The van der Waals surface area contributed by atoms with Crippen LogP contribution in [0.25, 0.3) is 0 Å². The van der Waals surface area contributed by atoms with Crippen molar-refractivity contribution in [2.45, 2.75) is 13.8 Å². The maximum absolute atomic E-state index is 12.3. The van der Waals surface area contributed by atoms with Crippen molar-refractivity contribution in [2.75, 3.05) is 30.8 Å². The number of nitrogens with one attached hydrogen (secondary N) is 1. The average molecular weight is 420 g/mol. The van der Waals surface area contributed by atoms with E-state index in [1.54, 1.807) is 31.2 Å². The second kappa shape index (κ2) is 9.92. The molecule has 1 N–H and O–H groups in total. The summed E-state index contributed by atoms with van der Waals surface area (Å²) in [6.07, 6.45) is 1.04. The van der Waals surface area contributed by atoms with E-state index in [0.717, 1.165) is 21.9 Å². The number of hydrogen-bond donors (Lipinski definition) is 1. The fraction of sp³-hybridized carbons (Fsp3) is 0.300. The molecule has 0 atom stereocenters. The van der Waals surface area contributed by atoms with Crippen molar-refractivity contribution in [3.63, 3.8) is 0 Å². The Morgan fingerprint density at radius 1 is 1.14 bits per heavy atom. The number of sulfonamides is 1. The monoisotopic (exact) mass is 419 g/mol. The zero-order chi connectivity index (χ0) is 21.4. The molecule has 2 aromatic carbocycles. The molecule has 0 fully saturated rings. The van der Waals surface area contributed by atoms with Gasteiger partial charge in [0.05, 0.1) is 31.4 Å². The Morgan fingerprint density at radius 3 is 2.41 bits per heavy atom. The summed E-state index contributed by atoms with van der Waals surface area (Å²) in [5.74, 6) is 0.666. The van der Waals surface area contributed by atoms with Crippen LogP contribution in [0.1, 0.15) is 19.4 Å². The number of anilines is 1. The highest BCUT2D eigenvalue weighted by Crippen LogP contribution is 2.22. The molecule has 2 rings (SSSR count). The summed E-state index contributed by atoms with van der Waals surface area (Å²) < 4.78 is 35.8. The van der Waals surface area contributed by atoms with Gasteiger partial charge in [-0.25, -0.2) is 13.8 Å². The van der Waals surface area contributed by atoms with E-state index >= 15 is 0 Å². The van der Waals surface area contributed by atoms with Gasteiger partial charge in [-0.05, 0) is 55.8 Å². The quantitative estimate of drug-likeness (QED) is 0.497. The number of carbonyl (C=O) groups is 1. The molecule has 0 spiro atoms. The lowest BCUT2D eigenvalue weighted by Crippen LogP contribution is -2.39. The summed E-state index contributed by atoms with van der Waals surface area (Å²) >= 11 is 0. The number of nitrogens with zero attached hydrogens (tertiary/aromatic N) is 2. The van der Waals surface area contributed by atoms with Crippen molar-refractivity contribution in [1.82, 2.24) is 5.43 Å². The first-order valence-electron chi connectivity index (χ1n) is 8.92. The number of hydrazone groups is 1. The molecule has 0 radical (unpaired) electrons. The number of carbonyl (C=O) groups excluding carboxylic acids is 1. The van der Waals surface area contributed by atoms with E-state index in [-0.39, 0.29) is 0 Å². The zero-order valence-corrected chi connectivity index (χ0v) is 17.7. The molecule has 0 saturated heterocycles. The summed E-state index contributed by atoms with van der Waals surface area (Å²) in [4.78, 5) is 12.3. The van der Waals surface area contributed by atoms with Gasteiger partial charge in [-0.2, -0.15) is 5.10 Å². The second-order valence-electron chi connectivity index (χ2n) is 6.16. The Labute approximate surface area is 171 Å². The molecule has 0 unspecified atom stereocenters. The lowest BCUT2D eigenvalue weighted by Gasteiger charge is -2.21. The fourth-order valence-electron chi connectivity index (χ4n) is 2.50. The van der Waals surface area contributed by atoms with Crippen LogP contribution in [0.4, 0.5) is 5.69 Å². The third-order valence-electron chi connectivity index (χ3n) is 3.96. The second-order valence-corrected chi connectivity index (χ2v) is 8.07. The van der Waals surface area contributed by atoms with Crippen LogP contribution in [0.3, 0.4) is 0 Å². The molecule has 0 aromatic heterocycles. The molecule has 1 amide bonds. The van der Waals surface area contributed by atoms with Crippen LogP contribution in [-0.4, -0.2) is 46.6 Å². The van der Waals surface area contributed by atoms with E-state index in [1.165, 1.54) is 7.11 Å². The predicted molar refractivity (Wildman–Crippen MR) is 113 cm³/mol. The predicted octanol–water partition coefficient (Wildman–Crippen LogP) is 2.40. The molecule has 0 aliphatic heterocycles. The van der Waals surface area contributed by atoms with Crippen molar-refractivity contribution in [1.29, 1.82) is 0 Å². The minimum atomic E-state index is -3.68. The Bertz CT molecular complexity index is 972. The van der Waals surface area contributed by atoms with E-state index in [1.807, 2.05) is 31.2 Å². The standard InChI is InChI=1S/C20H25N3O5S/c1-5-28-18-11-9-16(10-12-18)15(2)21-22-20(24)14-23(29(4,25)26)17-7-6-8-19(13-17)27-3/h6-13H,5,14H2,1-4H3,(H,22,24)/b21-15-. The highest BCUT2D eigenvalue weighted by atomic mass is 32.2. The van der Waals surface area contributed by atoms with Gasteiger partial charge in [0.2, 0.25) is 10.0 Å².